The minimum atomic E-state index is 0.344. The van der Waals surface area contributed by atoms with E-state index in [9.17, 15) is 5.21 Å². The Morgan fingerprint density at radius 1 is 0.808 bits per heavy atom. The standard InChI is InChI=1S/C19H19NO6/c1-22-14-7-5-11(9-17(14)24-3)16-10-13(20-21)12-6-8-15(23-2)19(25-4)18(12)26-16/h5-10,21H,1-4H3. The zero-order valence-electron chi connectivity index (χ0n) is 14.9. The lowest BCUT2D eigenvalue weighted by atomic mass is 10.1. The van der Waals surface area contributed by atoms with Crippen LogP contribution in [-0.2, 0) is 0 Å². The summed E-state index contributed by atoms with van der Waals surface area (Å²) in [6, 6.07) is 10.5. The number of methoxy groups -OCH3 is 4. The largest absolute Gasteiger partial charge is 0.493 e. The van der Waals surface area contributed by atoms with E-state index in [0.717, 1.165) is 5.56 Å². The van der Waals surface area contributed by atoms with Crippen molar-refractivity contribution in [2.24, 2.45) is 5.16 Å². The molecule has 0 atom stereocenters. The van der Waals surface area contributed by atoms with E-state index in [-0.39, 0.29) is 0 Å². The van der Waals surface area contributed by atoms with E-state index in [1.165, 1.54) is 7.11 Å². The Morgan fingerprint density at radius 3 is 2.12 bits per heavy atom. The van der Waals surface area contributed by atoms with Crippen molar-refractivity contribution in [2.75, 3.05) is 28.4 Å². The van der Waals surface area contributed by atoms with Gasteiger partial charge in [0.1, 0.15) is 11.1 Å². The van der Waals surface area contributed by atoms with E-state index < -0.39 is 0 Å². The maximum Gasteiger partial charge on any atom is 0.204 e. The fraction of sp³-hybridized carbons (Fsp3) is 0.211. The van der Waals surface area contributed by atoms with Crippen molar-refractivity contribution >= 4 is 11.0 Å². The van der Waals surface area contributed by atoms with Crippen molar-refractivity contribution in [1.29, 1.82) is 0 Å². The molecule has 3 rings (SSSR count). The van der Waals surface area contributed by atoms with Gasteiger partial charge in [-0.2, -0.15) is 0 Å². The molecular formula is C19H19NO6. The van der Waals surface area contributed by atoms with Gasteiger partial charge in [-0.15, -0.1) is 0 Å². The molecule has 1 heterocycles. The fourth-order valence-electron chi connectivity index (χ4n) is 2.76. The Labute approximate surface area is 150 Å². The summed E-state index contributed by atoms with van der Waals surface area (Å²) in [5.41, 5.74) is 1.13. The van der Waals surface area contributed by atoms with Gasteiger partial charge in [-0.1, -0.05) is 5.16 Å². The van der Waals surface area contributed by atoms with Gasteiger partial charge in [0.25, 0.3) is 0 Å². The monoisotopic (exact) mass is 357 g/mol. The minimum absolute atomic E-state index is 0.344. The third kappa shape index (κ3) is 2.88. The van der Waals surface area contributed by atoms with Crippen molar-refractivity contribution in [3.8, 4) is 34.3 Å². The molecule has 0 spiro atoms. The van der Waals surface area contributed by atoms with Gasteiger partial charge in [0.05, 0.1) is 33.8 Å². The number of ether oxygens (including phenoxy) is 4. The molecule has 0 aliphatic rings. The number of hydrogen-bond donors (Lipinski definition) is 1. The zero-order valence-corrected chi connectivity index (χ0v) is 14.9. The Bertz CT molecular complexity index is 1010. The second kappa shape index (κ2) is 7.26. The van der Waals surface area contributed by atoms with Crippen LogP contribution in [0.25, 0.3) is 22.3 Å². The molecule has 26 heavy (non-hydrogen) atoms. The fourth-order valence-corrected chi connectivity index (χ4v) is 2.76. The average Bonchev–Trinajstić information content (AvgIpc) is 2.71. The van der Waals surface area contributed by atoms with Crippen molar-refractivity contribution < 1.29 is 28.6 Å². The van der Waals surface area contributed by atoms with Gasteiger partial charge in [-0.3, -0.25) is 0 Å². The molecule has 0 bridgehead atoms. The summed E-state index contributed by atoms with van der Waals surface area (Å²) in [5, 5.41) is 13.8. The van der Waals surface area contributed by atoms with Crippen molar-refractivity contribution in [3.05, 3.63) is 41.8 Å². The second-order valence-electron chi connectivity index (χ2n) is 5.34. The summed E-state index contributed by atoms with van der Waals surface area (Å²) in [6.45, 7) is 0. The third-order valence-electron chi connectivity index (χ3n) is 4.03. The molecule has 0 fully saturated rings. The van der Waals surface area contributed by atoms with Gasteiger partial charge < -0.3 is 28.6 Å². The topological polar surface area (TPSA) is 82.7 Å². The van der Waals surface area contributed by atoms with Crippen molar-refractivity contribution in [3.63, 3.8) is 0 Å². The normalized spacial score (nSPS) is 11.5. The summed E-state index contributed by atoms with van der Waals surface area (Å²) in [5.74, 6) is 2.55. The lowest BCUT2D eigenvalue weighted by Crippen LogP contribution is -2.05. The first-order valence-corrected chi connectivity index (χ1v) is 7.76. The Kier molecular flexibility index (Phi) is 4.88. The highest BCUT2D eigenvalue weighted by atomic mass is 16.5. The van der Waals surface area contributed by atoms with Crippen LogP contribution in [0.1, 0.15) is 0 Å². The zero-order chi connectivity index (χ0) is 18.7. The summed E-state index contributed by atoms with van der Waals surface area (Å²) in [4.78, 5) is 0. The van der Waals surface area contributed by atoms with Crippen LogP contribution in [0.4, 0.5) is 0 Å². The van der Waals surface area contributed by atoms with Gasteiger partial charge in [-0.25, -0.2) is 0 Å². The van der Waals surface area contributed by atoms with Crippen LogP contribution >= 0.6 is 0 Å². The summed E-state index contributed by atoms with van der Waals surface area (Å²) in [6.07, 6.45) is 0. The molecule has 0 amide bonds. The molecule has 7 nitrogen and oxygen atoms in total. The van der Waals surface area contributed by atoms with Crippen LogP contribution in [0, 0.1) is 0 Å². The van der Waals surface area contributed by atoms with E-state index >= 15 is 0 Å². The molecule has 2 aromatic carbocycles. The Hall–Kier alpha value is -3.35. The predicted octanol–water partition coefficient (Wildman–Crippen LogP) is 3.42. The molecular weight excluding hydrogens is 338 g/mol. The van der Waals surface area contributed by atoms with E-state index in [1.807, 2.05) is 6.07 Å². The minimum Gasteiger partial charge on any atom is -0.493 e. The highest BCUT2D eigenvalue weighted by Gasteiger charge is 2.16. The molecule has 0 unspecified atom stereocenters. The smallest absolute Gasteiger partial charge is 0.204 e. The first-order valence-electron chi connectivity index (χ1n) is 7.76. The quantitative estimate of drug-likeness (QED) is 0.556. The molecule has 0 radical (unpaired) electrons. The highest BCUT2D eigenvalue weighted by Crippen LogP contribution is 2.37. The summed E-state index contributed by atoms with van der Waals surface area (Å²) < 4.78 is 27.4. The van der Waals surface area contributed by atoms with E-state index in [1.54, 1.807) is 51.7 Å². The van der Waals surface area contributed by atoms with Crippen LogP contribution in [-0.4, -0.2) is 33.6 Å². The number of hydrogen-bond acceptors (Lipinski definition) is 7. The van der Waals surface area contributed by atoms with Crippen LogP contribution in [0.5, 0.6) is 23.0 Å². The lowest BCUT2D eigenvalue weighted by Gasteiger charge is -2.12. The molecule has 0 saturated heterocycles. The Morgan fingerprint density at radius 2 is 1.50 bits per heavy atom. The Balaban J connectivity index is 2.31. The van der Waals surface area contributed by atoms with Gasteiger partial charge in [0, 0.05) is 11.6 Å². The number of nitrogens with zero attached hydrogens (tertiary/aromatic N) is 1. The van der Waals surface area contributed by atoms with Crippen molar-refractivity contribution in [2.45, 2.75) is 0 Å². The van der Waals surface area contributed by atoms with E-state index in [2.05, 4.69) is 5.16 Å². The van der Waals surface area contributed by atoms with Crippen LogP contribution in [0.15, 0.2) is 46.0 Å². The van der Waals surface area contributed by atoms with Gasteiger partial charge in [0.2, 0.25) is 5.75 Å². The molecule has 1 N–H and O–H groups in total. The molecule has 136 valence electrons. The predicted molar refractivity (Wildman–Crippen MR) is 95.2 cm³/mol. The average molecular weight is 357 g/mol. The van der Waals surface area contributed by atoms with Gasteiger partial charge in [-0.05, 0) is 30.3 Å². The summed E-state index contributed by atoms with van der Waals surface area (Å²) >= 11 is 0. The molecule has 1 aromatic heterocycles. The molecule has 0 aliphatic carbocycles. The van der Waals surface area contributed by atoms with E-state index in [4.69, 9.17) is 23.4 Å². The number of benzene rings is 2. The number of fused-ring (bicyclic) bond motifs is 1. The first-order chi connectivity index (χ1) is 12.7. The van der Waals surface area contributed by atoms with Gasteiger partial charge in [0.15, 0.2) is 22.8 Å². The van der Waals surface area contributed by atoms with Crippen LogP contribution in [0.3, 0.4) is 0 Å². The van der Waals surface area contributed by atoms with Crippen molar-refractivity contribution in [1.82, 2.24) is 0 Å². The number of rotatable bonds is 5. The maximum absolute atomic E-state index is 9.45. The van der Waals surface area contributed by atoms with E-state index in [0.29, 0.717) is 45.1 Å². The maximum atomic E-state index is 9.45. The highest BCUT2D eigenvalue weighted by molar-refractivity contribution is 5.86. The molecule has 7 heteroatoms. The van der Waals surface area contributed by atoms with Crippen LogP contribution in [0.2, 0.25) is 0 Å². The summed E-state index contributed by atoms with van der Waals surface area (Å²) in [7, 11) is 6.18. The lowest BCUT2D eigenvalue weighted by molar-refractivity contribution is 0.302. The van der Waals surface area contributed by atoms with Crippen LogP contribution < -0.4 is 24.3 Å². The first kappa shape index (κ1) is 17.5. The third-order valence-corrected chi connectivity index (χ3v) is 4.03. The molecule has 0 aliphatic heterocycles. The second-order valence-corrected chi connectivity index (χ2v) is 5.34. The molecule has 3 aromatic rings. The van der Waals surface area contributed by atoms with Gasteiger partial charge >= 0.3 is 0 Å². The molecule has 0 saturated carbocycles. The SMILES string of the molecule is COc1ccc(-c2cc(=NO)c3ccc(OC)c(OC)c3o2)cc1OC.